The lowest BCUT2D eigenvalue weighted by atomic mass is 10.2. The molecule has 1 aromatic carbocycles. The molecule has 1 N–H and O–H groups in total. The first-order chi connectivity index (χ1) is 8.90. The van der Waals surface area contributed by atoms with Gasteiger partial charge >= 0.3 is 6.18 Å². The quantitative estimate of drug-likeness (QED) is 0.853. The highest BCUT2D eigenvalue weighted by Crippen LogP contribution is 2.56. The van der Waals surface area contributed by atoms with E-state index in [-0.39, 0.29) is 17.6 Å². The lowest BCUT2D eigenvalue weighted by molar-refractivity contribution is -0.179. The van der Waals surface area contributed by atoms with Crippen LogP contribution in [0, 0.1) is 4.77 Å². The number of aromatic amines is 1. The Balaban J connectivity index is 2.32. The van der Waals surface area contributed by atoms with Crippen LogP contribution in [0.3, 0.4) is 0 Å². The van der Waals surface area contributed by atoms with Crippen molar-refractivity contribution in [3.63, 3.8) is 0 Å². The molecule has 19 heavy (non-hydrogen) atoms. The smallest absolute Gasteiger partial charge is 0.412 e. The van der Waals surface area contributed by atoms with Gasteiger partial charge in [0.05, 0.1) is 12.6 Å². The fourth-order valence-electron chi connectivity index (χ4n) is 2.45. The molecular formula is C12H11F3N2OS. The minimum Gasteiger partial charge on any atom is -0.494 e. The van der Waals surface area contributed by atoms with Gasteiger partial charge in [0.2, 0.25) is 0 Å². The number of aromatic nitrogens is 2. The van der Waals surface area contributed by atoms with Crippen LogP contribution in [0.15, 0.2) is 18.2 Å². The van der Waals surface area contributed by atoms with E-state index < -0.39 is 11.7 Å². The summed E-state index contributed by atoms with van der Waals surface area (Å²) in [4.78, 5) is 2.82. The normalized spacial score (nSPS) is 17.7. The maximum Gasteiger partial charge on any atom is 0.412 e. The molecule has 1 aliphatic rings. The molecule has 0 unspecified atom stereocenters. The molecule has 1 aromatic heterocycles. The van der Waals surface area contributed by atoms with E-state index in [9.17, 15) is 13.2 Å². The van der Waals surface area contributed by atoms with Crippen molar-refractivity contribution in [2.24, 2.45) is 0 Å². The Morgan fingerprint density at radius 3 is 2.58 bits per heavy atom. The number of nitrogens with zero attached hydrogens (tertiary/aromatic N) is 1. The number of halogens is 3. The monoisotopic (exact) mass is 288 g/mol. The lowest BCUT2D eigenvalue weighted by Gasteiger charge is -2.21. The van der Waals surface area contributed by atoms with Gasteiger partial charge in [-0.05, 0) is 37.2 Å². The minimum absolute atomic E-state index is 0.0645. The van der Waals surface area contributed by atoms with Crippen LogP contribution in [0.2, 0.25) is 0 Å². The third kappa shape index (κ3) is 1.60. The third-order valence-electron chi connectivity index (χ3n) is 3.58. The second kappa shape index (κ2) is 3.75. The van der Waals surface area contributed by atoms with E-state index in [1.807, 2.05) is 0 Å². The molecule has 3 rings (SSSR count). The van der Waals surface area contributed by atoms with Gasteiger partial charge in [-0.25, -0.2) is 0 Å². The molecule has 0 atom stereocenters. The van der Waals surface area contributed by atoms with Crippen LogP contribution < -0.4 is 4.74 Å². The molecule has 0 saturated heterocycles. The highest BCUT2D eigenvalue weighted by Gasteiger charge is 2.65. The molecule has 0 aliphatic heterocycles. The van der Waals surface area contributed by atoms with Gasteiger partial charge in [0.1, 0.15) is 16.8 Å². The first kappa shape index (κ1) is 12.5. The van der Waals surface area contributed by atoms with Crippen molar-refractivity contribution in [2.45, 2.75) is 24.6 Å². The molecule has 2 aromatic rings. The van der Waals surface area contributed by atoms with Gasteiger partial charge < -0.3 is 14.3 Å². The second-order valence-electron chi connectivity index (χ2n) is 4.65. The number of alkyl halides is 3. The van der Waals surface area contributed by atoms with E-state index in [0.717, 1.165) is 0 Å². The van der Waals surface area contributed by atoms with Gasteiger partial charge in [-0.3, -0.25) is 0 Å². The number of hydrogen-bond acceptors (Lipinski definition) is 2. The van der Waals surface area contributed by atoms with Crippen molar-refractivity contribution >= 4 is 23.3 Å². The summed E-state index contributed by atoms with van der Waals surface area (Å²) in [7, 11) is 1.47. The van der Waals surface area contributed by atoms with Crippen LogP contribution in [-0.2, 0) is 5.54 Å². The summed E-state index contributed by atoms with van der Waals surface area (Å²) in [5.74, 6) is 0.486. The number of imidazole rings is 1. The van der Waals surface area contributed by atoms with E-state index in [1.165, 1.54) is 11.7 Å². The summed E-state index contributed by atoms with van der Waals surface area (Å²) < 4.78 is 46.1. The Labute approximate surface area is 112 Å². The molecule has 102 valence electrons. The van der Waals surface area contributed by atoms with Crippen LogP contribution in [0.1, 0.15) is 12.8 Å². The van der Waals surface area contributed by atoms with Crippen LogP contribution in [0.25, 0.3) is 11.0 Å². The molecule has 1 saturated carbocycles. The van der Waals surface area contributed by atoms with Crippen LogP contribution in [0.5, 0.6) is 5.75 Å². The van der Waals surface area contributed by atoms with Gasteiger partial charge in [-0.2, -0.15) is 13.2 Å². The Bertz CT molecular complexity index is 697. The van der Waals surface area contributed by atoms with E-state index in [0.29, 0.717) is 16.8 Å². The first-order valence-electron chi connectivity index (χ1n) is 5.76. The Morgan fingerprint density at radius 1 is 1.37 bits per heavy atom. The van der Waals surface area contributed by atoms with Crippen molar-refractivity contribution in [2.75, 3.05) is 7.11 Å². The Kier molecular flexibility index (Phi) is 2.47. The van der Waals surface area contributed by atoms with Gasteiger partial charge in [0, 0.05) is 0 Å². The fourth-order valence-corrected chi connectivity index (χ4v) is 2.83. The third-order valence-corrected chi connectivity index (χ3v) is 3.86. The zero-order chi connectivity index (χ0) is 13.8. The summed E-state index contributed by atoms with van der Waals surface area (Å²) in [6, 6.07) is 4.97. The molecular weight excluding hydrogens is 277 g/mol. The maximum atomic E-state index is 13.2. The summed E-state index contributed by atoms with van der Waals surface area (Å²) in [6.07, 6.45) is -4.17. The largest absolute Gasteiger partial charge is 0.494 e. The summed E-state index contributed by atoms with van der Waals surface area (Å²) >= 11 is 5.07. The topological polar surface area (TPSA) is 29.9 Å². The molecule has 0 radical (unpaired) electrons. The van der Waals surface area contributed by atoms with Crippen molar-refractivity contribution in [3.8, 4) is 5.75 Å². The van der Waals surface area contributed by atoms with Gasteiger partial charge in [-0.1, -0.05) is 6.07 Å². The number of nitrogens with one attached hydrogen (secondary N) is 1. The number of H-pyrrole nitrogens is 1. The lowest BCUT2D eigenvalue weighted by Crippen LogP contribution is -2.34. The average molecular weight is 288 g/mol. The van der Waals surface area contributed by atoms with Gasteiger partial charge in [0.15, 0.2) is 4.77 Å². The first-order valence-corrected chi connectivity index (χ1v) is 6.16. The number of fused-ring (bicyclic) bond motifs is 1. The molecule has 3 nitrogen and oxygen atoms in total. The van der Waals surface area contributed by atoms with E-state index in [2.05, 4.69) is 4.98 Å². The molecule has 1 aliphatic carbocycles. The summed E-state index contributed by atoms with van der Waals surface area (Å²) in [5.41, 5.74) is -0.918. The predicted molar refractivity (Wildman–Crippen MR) is 66.9 cm³/mol. The molecule has 0 bridgehead atoms. The average Bonchev–Trinajstić information content (AvgIpc) is 3.06. The molecule has 1 fully saturated rings. The van der Waals surface area contributed by atoms with Gasteiger partial charge in [-0.15, -0.1) is 0 Å². The van der Waals surface area contributed by atoms with Crippen LogP contribution in [-0.4, -0.2) is 22.8 Å². The van der Waals surface area contributed by atoms with Gasteiger partial charge in [0.25, 0.3) is 0 Å². The van der Waals surface area contributed by atoms with Crippen molar-refractivity contribution in [1.29, 1.82) is 0 Å². The zero-order valence-electron chi connectivity index (χ0n) is 10.0. The van der Waals surface area contributed by atoms with E-state index >= 15 is 0 Å². The molecule has 0 spiro atoms. The standard InChI is InChI=1S/C12H11F3N2OS/c1-18-8-4-2-3-7-9(8)16-10(19)17(7)11(5-6-11)12(13,14)15/h2-4H,5-6H2,1H3,(H,16,19). The summed E-state index contributed by atoms with van der Waals surface area (Å²) in [5, 5.41) is 0. The minimum atomic E-state index is -4.30. The van der Waals surface area contributed by atoms with Crippen molar-refractivity contribution < 1.29 is 17.9 Å². The SMILES string of the molecule is COc1cccc2c1[nH]c(=S)n2C1(C(F)(F)F)CC1. The Hall–Kier alpha value is -1.50. The predicted octanol–water partition coefficient (Wildman–Crippen LogP) is 3.76. The molecule has 0 amide bonds. The number of ether oxygens (including phenoxy) is 1. The Morgan fingerprint density at radius 2 is 2.05 bits per heavy atom. The van der Waals surface area contributed by atoms with Crippen LogP contribution in [0.4, 0.5) is 13.2 Å². The number of benzene rings is 1. The fraction of sp³-hybridized carbons (Fsp3) is 0.417. The zero-order valence-corrected chi connectivity index (χ0v) is 10.9. The van der Waals surface area contributed by atoms with E-state index in [4.69, 9.17) is 17.0 Å². The van der Waals surface area contributed by atoms with Crippen molar-refractivity contribution in [1.82, 2.24) is 9.55 Å². The maximum absolute atomic E-state index is 13.2. The van der Waals surface area contributed by atoms with E-state index in [1.54, 1.807) is 18.2 Å². The second-order valence-corrected chi connectivity index (χ2v) is 5.04. The molecule has 1 heterocycles. The summed E-state index contributed by atoms with van der Waals surface area (Å²) in [6.45, 7) is 0. The number of para-hydroxylation sites is 1. The number of rotatable bonds is 2. The number of methoxy groups -OCH3 is 1. The highest BCUT2D eigenvalue weighted by molar-refractivity contribution is 7.71. The highest BCUT2D eigenvalue weighted by atomic mass is 32.1. The van der Waals surface area contributed by atoms with Crippen LogP contribution >= 0.6 is 12.2 Å². The molecule has 7 heteroatoms. The van der Waals surface area contributed by atoms with Crippen molar-refractivity contribution in [3.05, 3.63) is 23.0 Å². The number of hydrogen-bond donors (Lipinski definition) is 1.